The van der Waals surface area contributed by atoms with Crippen LogP contribution in [-0.4, -0.2) is 13.1 Å². The Labute approximate surface area is 133 Å². The van der Waals surface area contributed by atoms with E-state index in [4.69, 9.17) is 19.6 Å². The van der Waals surface area contributed by atoms with Crippen LogP contribution in [0.2, 0.25) is 0 Å². The third-order valence-electron chi connectivity index (χ3n) is 3.41. The van der Waals surface area contributed by atoms with Gasteiger partial charge in [-0.15, -0.1) is 0 Å². The third kappa shape index (κ3) is 3.57. The van der Waals surface area contributed by atoms with Crippen molar-refractivity contribution in [3.63, 3.8) is 0 Å². The predicted molar refractivity (Wildman–Crippen MR) is 78.8 cm³/mol. The van der Waals surface area contributed by atoms with Gasteiger partial charge in [-0.3, -0.25) is 0 Å². The molecule has 2 aromatic rings. The van der Waals surface area contributed by atoms with Crippen LogP contribution in [0.3, 0.4) is 0 Å². The van der Waals surface area contributed by atoms with Crippen LogP contribution in [0.4, 0.5) is 0 Å². The summed E-state index contributed by atoms with van der Waals surface area (Å²) in [4.78, 5) is 32.3. The average Bonchev–Trinajstić information content (AvgIpc) is 2.62. The Kier molecular flexibility index (Phi) is 4.68. The molecule has 23 heavy (non-hydrogen) atoms. The van der Waals surface area contributed by atoms with Crippen molar-refractivity contribution in [2.75, 3.05) is 7.11 Å². The highest BCUT2D eigenvalue weighted by atomic mass is 17.4. The van der Waals surface area contributed by atoms with Gasteiger partial charge in [0.2, 0.25) is 12.6 Å². The molecule has 2 aromatic carbocycles. The highest BCUT2D eigenvalue weighted by Crippen LogP contribution is 2.32. The molecule has 1 fully saturated rings. The Balaban J connectivity index is 1.62. The van der Waals surface area contributed by atoms with Crippen LogP contribution < -0.4 is 0 Å². The van der Waals surface area contributed by atoms with E-state index in [9.17, 15) is 4.79 Å². The maximum atomic E-state index is 11.4. The topological polar surface area (TPSA) is 63.2 Å². The molecular formula is C17H16O6. The highest BCUT2D eigenvalue weighted by molar-refractivity contribution is 5.89. The Hall–Kier alpha value is -2.25. The minimum Gasteiger partial charge on any atom is -0.465 e. The van der Waals surface area contributed by atoms with Gasteiger partial charge in [0.15, 0.2) is 0 Å². The Morgan fingerprint density at radius 1 is 0.826 bits per heavy atom. The molecule has 1 aliphatic rings. The quantitative estimate of drug-likeness (QED) is 0.639. The largest absolute Gasteiger partial charge is 0.465 e. The minimum absolute atomic E-state index is 0.408. The number of hydrogen-bond acceptors (Lipinski definition) is 6. The van der Waals surface area contributed by atoms with E-state index < -0.39 is 18.5 Å². The second-order valence-corrected chi connectivity index (χ2v) is 5.07. The van der Waals surface area contributed by atoms with Gasteiger partial charge >= 0.3 is 5.97 Å². The van der Waals surface area contributed by atoms with Crippen molar-refractivity contribution in [1.29, 1.82) is 0 Å². The summed E-state index contributed by atoms with van der Waals surface area (Å²) in [5, 5.41) is 0. The lowest BCUT2D eigenvalue weighted by Gasteiger charge is -2.27. The maximum absolute atomic E-state index is 11.4. The molecule has 0 N–H and O–H groups in total. The van der Waals surface area contributed by atoms with E-state index >= 15 is 0 Å². The fourth-order valence-electron chi connectivity index (χ4n) is 2.07. The number of rotatable bonds is 3. The zero-order valence-electron chi connectivity index (χ0n) is 12.7. The number of ether oxygens (including phenoxy) is 1. The van der Waals surface area contributed by atoms with Gasteiger partial charge in [0.25, 0.3) is 0 Å². The van der Waals surface area contributed by atoms with Crippen LogP contribution in [0.25, 0.3) is 0 Å². The first-order valence-electron chi connectivity index (χ1n) is 7.06. The third-order valence-corrected chi connectivity index (χ3v) is 3.41. The zero-order chi connectivity index (χ0) is 16.2. The van der Waals surface area contributed by atoms with Crippen molar-refractivity contribution in [3.8, 4) is 0 Å². The molecule has 0 amide bonds. The SMILES string of the molecule is COC(=O)c1ccc(C2OOC(c3ccc(C)cc3)OO2)cc1. The second-order valence-electron chi connectivity index (χ2n) is 5.07. The van der Waals surface area contributed by atoms with Gasteiger partial charge in [0.05, 0.1) is 12.7 Å². The lowest BCUT2D eigenvalue weighted by Crippen LogP contribution is -2.22. The Morgan fingerprint density at radius 3 is 1.70 bits per heavy atom. The minimum atomic E-state index is -0.830. The van der Waals surface area contributed by atoms with E-state index in [-0.39, 0.29) is 0 Å². The van der Waals surface area contributed by atoms with Gasteiger partial charge < -0.3 is 4.74 Å². The Morgan fingerprint density at radius 2 is 1.26 bits per heavy atom. The van der Waals surface area contributed by atoms with Crippen LogP contribution in [0, 0.1) is 6.92 Å². The van der Waals surface area contributed by atoms with E-state index in [0.29, 0.717) is 11.1 Å². The molecule has 0 atom stereocenters. The van der Waals surface area contributed by atoms with E-state index in [1.54, 1.807) is 24.3 Å². The number of hydrogen-bond donors (Lipinski definition) is 0. The molecule has 0 aromatic heterocycles. The van der Waals surface area contributed by atoms with Crippen molar-refractivity contribution in [1.82, 2.24) is 0 Å². The molecule has 1 aliphatic heterocycles. The monoisotopic (exact) mass is 316 g/mol. The van der Waals surface area contributed by atoms with Gasteiger partial charge in [-0.2, -0.15) is 19.6 Å². The average molecular weight is 316 g/mol. The fraction of sp³-hybridized carbons (Fsp3) is 0.235. The van der Waals surface area contributed by atoms with Crippen LogP contribution >= 0.6 is 0 Å². The van der Waals surface area contributed by atoms with Crippen LogP contribution in [0.1, 0.15) is 39.6 Å². The molecule has 1 saturated heterocycles. The van der Waals surface area contributed by atoms with Crippen molar-refractivity contribution in [2.24, 2.45) is 0 Å². The molecule has 3 rings (SSSR count). The molecule has 0 saturated carbocycles. The molecule has 6 heteroatoms. The lowest BCUT2D eigenvalue weighted by molar-refractivity contribution is -0.600. The second kappa shape index (κ2) is 6.89. The van der Waals surface area contributed by atoms with Gasteiger partial charge in [0.1, 0.15) is 0 Å². The summed E-state index contributed by atoms with van der Waals surface area (Å²) < 4.78 is 4.64. The summed E-state index contributed by atoms with van der Waals surface area (Å²) in [6.07, 6.45) is -1.58. The maximum Gasteiger partial charge on any atom is 0.337 e. The number of carbonyl (C=O) groups excluding carboxylic acids is 1. The van der Waals surface area contributed by atoms with Crippen LogP contribution in [-0.2, 0) is 24.3 Å². The van der Waals surface area contributed by atoms with Gasteiger partial charge in [-0.25, -0.2) is 4.79 Å². The van der Waals surface area contributed by atoms with Gasteiger partial charge in [-0.05, 0) is 19.1 Å². The molecule has 0 spiro atoms. The van der Waals surface area contributed by atoms with E-state index in [1.165, 1.54) is 7.11 Å². The first kappa shape index (κ1) is 15.6. The molecule has 0 radical (unpaired) electrons. The zero-order valence-corrected chi connectivity index (χ0v) is 12.7. The molecule has 6 nitrogen and oxygen atoms in total. The smallest absolute Gasteiger partial charge is 0.337 e. The summed E-state index contributed by atoms with van der Waals surface area (Å²) in [5.41, 5.74) is 3.01. The van der Waals surface area contributed by atoms with Crippen molar-refractivity contribution < 1.29 is 29.1 Å². The van der Waals surface area contributed by atoms with Crippen molar-refractivity contribution in [2.45, 2.75) is 19.5 Å². The first-order chi connectivity index (χ1) is 11.2. The summed E-state index contributed by atoms with van der Waals surface area (Å²) in [5.74, 6) is -0.408. The molecule has 1 heterocycles. The Bertz CT molecular complexity index is 656. The fourth-order valence-corrected chi connectivity index (χ4v) is 2.07. The number of methoxy groups -OCH3 is 1. The van der Waals surface area contributed by atoms with E-state index in [2.05, 4.69) is 4.74 Å². The summed E-state index contributed by atoms with van der Waals surface area (Å²) in [6.45, 7) is 1.99. The van der Waals surface area contributed by atoms with Gasteiger partial charge in [0, 0.05) is 11.1 Å². The lowest BCUT2D eigenvalue weighted by atomic mass is 10.1. The number of esters is 1. The van der Waals surface area contributed by atoms with Crippen LogP contribution in [0.15, 0.2) is 48.5 Å². The number of aryl methyl sites for hydroxylation is 1. The highest BCUT2D eigenvalue weighted by Gasteiger charge is 2.28. The molecule has 0 unspecified atom stereocenters. The number of benzene rings is 2. The standard InChI is InChI=1S/C17H16O6/c1-11-3-5-13(6-4-11)16-20-22-17(23-21-16)14-9-7-12(8-10-14)15(18)19-2/h3-10,16-17H,1-2H3. The van der Waals surface area contributed by atoms with Gasteiger partial charge in [-0.1, -0.05) is 42.0 Å². The van der Waals surface area contributed by atoms with Crippen LogP contribution in [0.5, 0.6) is 0 Å². The number of carbonyl (C=O) groups is 1. The summed E-state index contributed by atoms with van der Waals surface area (Å²) >= 11 is 0. The van der Waals surface area contributed by atoms with E-state index in [0.717, 1.165) is 11.1 Å². The predicted octanol–water partition coefficient (Wildman–Crippen LogP) is 3.39. The molecule has 120 valence electrons. The molecular weight excluding hydrogens is 300 g/mol. The molecule has 0 aliphatic carbocycles. The first-order valence-corrected chi connectivity index (χ1v) is 7.06. The van der Waals surface area contributed by atoms with Crippen molar-refractivity contribution >= 4 is 5.97 Å². The molecule has 0 bridgehead atoms. The normalized spacial score (nSPS) is 21.0. The van der Waals surface area contributed by atoms with Crippen molar-refractivity contribution in [3.05, 3.63) is 70.8 Å². The summed E-state index contributed by atoms with van der Waals surface area (Å²) in [6, 6.07) is 14.2. The van der Waals surface area contributed by atoms with E-state index in [1.807, 2.05) is 31.2 Å². The summed E-state index contributed by atoms with van der Waals surface area (Å²) in [7, 11) is 1.33.